The van der Waals surface area contributed by atoms with E-state index in [-0.39, 0.29) is 11.7 Å². The van der Waals surface area contributed by atoms with Crippen LogP contribution < -0.4 is 14.8 Å². The third-order valence-corrected chi connectivity index (χ3v) is 4.66. The maximum atomic E-state index is 13.4. The zero-order valence-electron chi connectivity index (χ0n) is 15.2. The van der Waals surface area contributed by atoms with Gasteiger partial charge in [0.15, 0.2) is 11.5 Å². The normalized spacial score (nSPS) is 12.7. The highest BCUT2D eigenvalue weighted by molar-refractivity contribution is 6.04. The van der Waals surface area contributed by atoms with Crippen molar-refractivity contribution in [2.45, 2.75) is 0 Å². The van der Waals surface area contributed by atoms with Gasteiger partial charge >= 0.3 is 0 Å². The Morgan fingerprint density at radius 1 is 0.966 bits per heavy atom. The summed E-state index contributed by atoms with van der Waals surface area (Å²) >= 11 is 0. The predicted octanol–water partition coefficient (Wildman–Crippen LogP) is 4.39. The predicted molar refractivity (Wildman–Crippen MR) is 107 cm³/mol. The highest BCUT2D eigenvalue weighted by Crippen LogP contribution is 2.31. The number of amides is 1. The molecule has 0 saturated carbocycles. The molecule has 4 aromatic rings. The van der Waals surface area contributed by atoms with Crippen LogP contribution in [0, 0.1) is 5.82 Å². The summed E-state index contributed by atoms with van der Waals surface area (Å²) in [6.07, 6.45) is 0. The van der Waals surface area contributed by atoms with Gasteiger partial charge in [-0.3, -0.25) is 4.79 Å². The Bertz CT molecular complexity index is 1220. The molecule has 0 radical (unpaired) electrons. The standard InChI is InChI=1S/C22H16FN3O3/c23-15-4-7-17-18(12-15)26-21(25-17)13-1-5-16(6-2-13)24-22(27)14-3-8-19-20(11-14)29-10-9-28-19/h1-8,11-12H,9-10H2,(H,24,27)(H,25,26). The molecule has 0 spiro atoms. The third kappa shape index (κ3) is 3.38. The number of fused-ring (bicyclic) bond motifs is 2. The van der Waals surface area contributed by atoms with E-state index in [0.29, 0.717) is 52.8 Å². The van der Waals surface area contributed by atoms with Gasteiger partial charge in [0.2, 0.25) is 0 Å². The average molecular weight is 389 g/mol. The topological polar surface area (TPSA) is 76.2 Å². The molecule has 144 valence electrons. The number of hydrogen-bond donors (Lipinski definition) is 2. The van der Waals surface area contributed by atoms with Crippen molar-refractivity contribution in [3.05, 3.63) is 72.0 Å². The highest BCUT2D eigenvalue weighted by atomic mass is 19.1. The largest absolute Gasteiger partial charge is 0.486 e. The molecule has 29 heavy (non-hydrogen) atoms. The van der Waals surface area contributed by atoms with Gasteiger partial charge in [-0.05, 0) is 60.7 Å². The van der Waals surface area contributed by atoms with Crippen molar-refractivity contribution in [1.82, 2.24) is 9.97 Å². The Kier molecular flexibility index (Phi) is 4.13. The van der Waals surface area contributed by atoms with E-state index < -0.39 is 0 Å². The molecule has 0 aliphatic carbocycles. The first kappa shape index (κ1) is 17.2. The summed E-state index contributed by atoms with van der Waals surface area (Å²) in [6, 6.07) is 16.8. The number of rotatable bonds is 3. The van der Waals surface area contributed by atoms with Gasteiger partial charge in [-0.15, -0.1) is 0 Å². The number of imidazole rings is 1. The zero-order chi connectivity index (χ0) is 19.8. The van der Waals surface area contributed by atoms with Crippen LogP contribution in [0.25, 0.3) is 22.4 Å². The van der Waals surface area contributed by atoms with E-state index in [2.05, 4.69) is 15.3 Å². The van der Waals surface area contributed by atoms with E-state index >= 15 is 0 Å². The van der Waals surface area contributed by atoms with Crippen molar-refractivity contribution < 1.29 is 18.7 Å². The highest BCUT2D eigenvalue weighted by Gasteiger charge is 2.15. The Balaban J connectivity index is 1.34. The second kappa shape index (κ2) is 6.94. The van der Waals surface area contributed by atoms with E-state index in [1.807, 2.05) is 12.1 Å². The maximum Gasteiger partial charge on any atom is 0.255 e. The van der Waals surface area contributed by atoms with Crippen molar-refractivity contribution in [2.75, 3.05) is 18.5 Å². The molecule has 3 aromatic carbocycles. The Morgan fingerprint density at radius 2 is 1.76 bits per heavy atom. The molecule has 5 rings (SSSR count). The second-order valence-electron chi connectivity index (χ2n) is 6.64. The number of nitrogens with zero attached hydrogens (tertiary/aromatic N) is 1. The van der Waals surface area contributed by atoms with Crippen molar-refractivity contribution in [1.29, 1.82) is 0 Å². The lowest BCUT2D eigenvalue weighted by Crippen LogP contribution is -2.17. The summed E-state index contributed by atoms with van der Waals surface area (Å²) in [5.74, 6) is 1.29. The number of benzene rings is 3. The van der Waals surface area contributed by atoms with E-state index in [4.69, 9.17) is 9.47 Å². The number of anilines is 1. The lowest BCUT2D eigenvalue weighted by Gasteiger charge is -2.18. The van der Waals surface area contributed by atoms with Gasteiger partial charge in [0.1, 0.15) is 24.9 Å². The molecule has 1 amide bonds. The second-order valence-corrected chi connectivity index (χ2v) is 6.64. The molecule has 7 heteroatoms. The number of halogens is 1. The number of H-pyrrole nitrogens is 1. The monoisotopic (exact) mass is 389 g/mol. The number of carbonyl (C=O) groups excluding carboxylic acids is 1. The van der Waals surface area contributed by atoms with Crippen LogP contribution in [0.3, 0.4) is 0 Å². The average Bonchev–Trinajstić information content (AvgIpc) is 3.17. The summed E-state index contributed by atoms with van der Waals surface area (Å²) < 4.78 is 24.3. The molecule has 6 nitrogen and oxygen atoms in total. The van der Waals surface area contributed by atoms with Gasteiger partial charge in [0.05, 0.1) is 11.0 Å². The van der Waals surface area contributed by atoms with Crippen molar-refractivity contribution in [3.8, 4) is 22.9 Å². The number of ether oxygens (including phenoxy) is 2. The van der Waals surface area contributed by atoms with Crippen LogP contribution >= 0.6 is 0 Å². The van der Waals surface area contributed by atoms with Crippen LogP contribution in [0.4, 0.5) is 10.1 Å². The molecule has 1 aliphatic heterocycles. The van der Waals surface area contributed by atoms with Gasteiger partial charge in [0.25, 0.3) is 5.91 Å². The molecule has 0 bridgehead atoms. The van der Waals surface area contributed by atoms with E-state index in [1.165, 1.54) is 12.1 Å². The molecule has 1 aliphatic rings. The molecular weight excluding hydrogens is 373 g/mol. The van der Waals surface area contributed by atoms with Crippen molar-refractivity contribution >= 4 is 22.6 Å². The van der Waals surface area contributed by atoms with Crippen LogP contribution in [0.15, 0.2) is 60.7 Å². The number of aromatic nitrogens is 2. The van der Waals surface area contributed by atoms with Crippen molar-refractivity contribution in [3.63, 3.8) is 0 Å². The Hall–Kier alpha value is -3.87. The first-order valence-corrected chi connectivity index (χ1v) is 9.12. The summed E-state index contributed by atoms with van der Waals surface area (Å²) in [5, 5.41) is 2.86. The first-order valence-electron chi connectivity index (χ1n) is 9.12. The number of nitrogens with one attached hydrogen (secondary N) is 2. The molecule has 0 unspecified atom stereocenters. The third-order valence-electron chi connectivity index (χ3n) is 4.66. The van der Waals surface area contributed by atoms with Crippen LogP contribution in [0.1, 0.15) is 10.4 Å². The Labute approximate surface area is 165 Å². The lowest BCUT2D eigenvalue weighted by atomic mass is 10.1. The minimum absolute atomic E-state index is 0.242. The Morgan fingerprint density at radius 3 is 2.59 bits per heavy atom. The smallest absolute Gasteiger partial charge is 0.255 e. The fourth-order valence-corrected chi connectivity index (χ4v) is 3.22. The molecule has 0 atom stereocenters. The summed E-state index contributed by atoms with van der Waals surface area (Å²) in [7, 11) is 0. The number of hydrogen-bond acceptors (Lipinski definition) is 4. The van der Waals surface area contributed by atoms with Gasteiger partial charge in [-0.25, -0.2) is 9.37 Å². The van der Waals surface area contributed by atoms with Gasteiger partial charge in [-0.2, -0.15) is 0 Å². The fourth-order valence-electron chi connectivity index (χ4n) is 3.22. The molecule has 0 saturated heterocycles. The first-order chi connectivity index (χ1) is 14.2. The SMILES string of the molecule is O=C(Nc1ccc(-c2nc3ccc(F)cc3[nH]2)cc1)c1ccc2c(c1)OCCO2. The van der Waals surface area contributed by atoms with E-state index in [9.17, 15) is 9.18 Å². The number of aromatic amines is 1. The minimum atomic E-state index is -0.315. The van der Waals surface area contributed by atoms with Crippen LogP contribution in [-0.2, 0) is 0 Å². The summed E-state index contributed by atoms with van der Waals surface area (Å²) in [5.41, 5.74) is 3.29. The summed E-state index contributed by atoms with van der Waals surface area (Å²) in [4.78, 5) is 20.1. The van der Waals surface area contributed by atoms with Gasteiger partial charge in [0, 0.05) is 16.8 Å². The van der Waals surface area contributed by atoms with Crippen LogP contribution in [0.5, 0.6) is 11.5 Å². The lowest BCUT2D eigenvalue weighted by molar-refractivity contribution is 0.102. The van der Waals surface area contributed by atoms with E-state index in [0.717, 1.165) is 5.56 Å². The van der Waals surface area contributed by atoms with Crippen LogP contribution in [0.2, 0.25) is 0 Å². The molecule has 2 N–H and O–H groups in total. The fraction of sp³-hybridized carbons (Fsp3) is 0.0909. The quantitative estimate of drug-likeness (QED) is 0.545. The molecule has 1 aromatic heterocycles. The number of carbonyl (C=O) groups is 1. The zero-order valence-corrected chi connectivity index (χ0v) is 15.2. The minimum Gasteiger partial charge on any atom is -0.486 e. The molecular formula is C22H16FN3O3. The maximum absolute atomic E-state index is 13.4. The van der Waals surface area contributed by atoms with Gasteiger partial charge < -0.3 is 19.8 Å². The molecule has 2 heterocycles. The summed E-state index contributed by atoms with van der Waals surface area (Å²) in [6.45, 7) is 0.971. The van der Waals surface area contributed by atoms with E-state index in [1.54, 1.807) is 36.4 Å². The molecule has 0 fully saturated rings. The van der Waals surface area contributed by atoms with Gasteiger partial charge in [-0.1, -0.05) is 0 Å². The van der Waals surface area contributed by atoms with Crippen LogP contribution in [-0.4, -0.2) is 29.1 Å². The van der Waals surface area contributed by atoms with Crippen molar-refractivity contribution in [2.24, 2.45) is 0 Å².